The van der Waals surface area contributed by atoms with Gasteiger partial charge in [-0.05, 0) is 36.1 Å². The molecular formula is C13H19FS2. The van der Waals surface area contributed by atoms with E-state index in [4.69, 9.17) is 0 Å². The van der Waals surface area contributed by atoms with Crippen LogP contribution in [0.4, 0.5) is 4.39 Å². The summed E-state index contributed by atoms with van der Waals surface area (Å²) in [5, 5.41) is 0. The largest absolute Gasteiger partial charge is 0.206 e. The molecule has 0 aliphatic rings. The van der Waals surface area contributed by atoms with E-state index in [9.17, 15) is 4.39 Å². The molecule has 0 bridgehead atoms. The number of thiol groups is 1. The molecule has 0 heterocycles. The van der Waals surface area contributed by atoms with Crippen LogP contribution in [-0.2, 0) is 0 Å². The number of hydrogen-bond acceptors (Lipinski definition) is 2. The monoisotopic (exact) mass is 258 g/mol. The average Bonchev–Trinajstić information content (AvgIpc) is 2.34. The number of hydrogen-bond donors (Lipinski definition) is 1. The Morgan fingerprint density at radius 3 is 2.38 bits per heavy atom. The molecule has 0 atom stereocenters. The minimum atomic E-state index is -0.118. The quantitative estimate of drug-likeness (QED) is 0.572. The second-order valence-corrected chi connectivity index (χ2v) is 5.42. The predicted molar refractivity (Wildman–Crippen MR) is 74.0 cm³/mol. The SMILES string of the molecule is CCC(CC)(CS)CSc1ccccc1F. The lowest BCUT2D eigenvalue weighted by atomic mass is 9.87. The fourth-order valence-corrected chi connectivity index (χ4v) is 3.58. The molecule has 0 N–H and O–H groups in total. The molecular weight excluding hydrogens is 239 g/mol. The molecule has 90 valence electrons. The van der Waals surface area contributed by atoms with Crippen LogP contribution >= 0.6 is 24.4 Å². The highest BCUT2D eigenvalue weighted by atomic mass is 32.2. The molecule has 1 aromatic carbocycles. The summed E-state index contributed by atoms with van der Waals surface area (Å²) in [5.74, 6) is 1.68. The molecule has 0 amide bonds. The van der Waals surface area contributed by atoms with Crippen LogP contribution in [0.1, 0.15) is 26.7 Å². The van der Waals surface area contributed by atoms with E-state index in [0.29, 0.717) is 0 Å². The van der Waals surface area contributed by atoms with Gasteiger partial charge in [-0.25, -0.2) is 4.39 Å². The van der Waals surface area contributed by atoms with Gasteiger partial charge in [0.15, 0.2) is 0 Å². The Hall–Kier alpha value is -0.150. The molecule has 1 aromatic rings. The smallest absolute Gasteiger partial charge is 0.136 e. The number of halogens is 1. The van der Waals surface area contributed by atoms with Crippen LogP contribution < -0.4 is 0 Å². The summed E-state index contributed by atoms with van der Waals surface area (Å²) < 4.78 is 13.4. The molecule has 0 saturated heterocycles. The van der Waals surface area contributed by atoms with Crippen LogP contribution in [0.25, 0.3) is 0 Å². The van der Waals surface area contributed by atoms with E-state index >= 15 is 0 Å². The summed E-state index contributed by atoms with van der Waals surface area (Å²) >= 11 is 6.03. The summed E-state index contributed by atoms with van der Waals surface area (Å²) in [6.07, 6.45) is 2.18. The zero-order chi connectivity index (χ0) is 12.0. The number of rotatable bonds is 6. The van der Waals surface area contributed by atoms with Crippen molar-refractivity contribution in [2.45, 2.75) is 31.6 Å². The van der Waals surface area contributed by atoms with Gasteiger partial charge in [0.1, 0.15) is 5.82 Å². The van der Waals surface area contributed by atoms with Gasteiger partial charge in [0.25, 0.3) is 0 Å². The molecule has 0 aliphatic carbocycles. The van der Waals surface area contributed by atoms with Crippen LogP contribution in [0.2, 0.25) is 0 Å². The van der Waals surface area contributed by atoms with Crippen LogP contribution in [0, 0.1) is 11.2 Å². The lowest BCUT2D eigenvalue weighted by Gasteiger charge is -2.29. The van der Waals surface area contributed by atoms with Gasteiger partial charge >= 0.3 is 0 Å². The number of benzene rings is 1. The molecule has 1 rings (SSSR count). The van der Waals surface area contributed by atoms with E-state index in [2.05, 4.69) is 26.5 Å². The minimum Gasteiger partial charge on any atom is -0.206 e. The maximum atomic E-state index is 13.4. The second-order valence-electron chi connectivity index (χ2n) is 4.08. The first kappa shape index (κ1) is 13.9. The van der Waals surface area contributed by atoms with E-state index in [1.165, 1.54) is 6.07 Å². The maximum Gasteiger partial charge on any atom is 0.136 e. The third kappa shape index (κ3) is 3.42. The summed E-state index contributed by atoms with van der Waals surface area (Å²) in [6, 6.07) is 6.97. The van der Waals surface area contributed by atoms with E-state index < -0.39 is 0 Å². The predicted octanol–water partition coefficient (Wildman–Crippen LogP) is 4.65. The third-order valence-corrected chi connectivity index (χ3v) is 5.28. The van der Waals surface area contributed by atoms with Crippen molar-refractivity contribution >= 4 is 24.4 Å². The molecule has 0 radical (unpaired) electrons. The molecule has 0 aliphatic heterocycles. The molecule has 0 saturated carbocycles. The van der Waals surface area contributed by atoms with Gasteiger partial charge in [0.2, 0.25) is 0 Å². The summed E-state index contributed by atoms with van der Waals surface area (Å²) in [5.41, 5.74) is 0.232. The standard InChI is InChI=1S/C13H19FS2/c1-3-13(4-2,9-15)10-16-12-8-6-5-7-11(12)14/h5-8,15H,3-4,9-10H2,1-2H3. The maximum absolute atomic E-state index is 13.4. The highest BCUT2D eigenvalue weighted by Gasteiger charge is 2.24. The summed E-state index contributed by atoms with van der Waals surface area (Å²) in [6.45, 7) is 4.36. The highest BCUT2D eigenvalue weighted by Crippen LogP contribution is 2.35. The Balaban J connectivity index is 2.66. The van der Waals surface area contributed by atoms with E-state index in [-0.39, 0.29) is 11.2 Å². The van der Waals surface area contributed by atoms with Crippen molar-refractivity contribution < 1.29 is 4.39 Å². The first-order chi connectivity index (χ1) is 7.67. The lowest BCUT2D eigenvalue weighted by Crippen LogP contribution is -2.24. The topological polar surface area (TPSA) is 0 Å². The van der Waals surface area contributed by atoms with Gasteiger partial charge in [-0.15, -0.1) is 11.8 Å². The Kier molecular flexibility index (Phi) is 5.70. The van der Waals surface area contributed by atoms with Gasteiger partial charge < -0.3 is 0 Å². The van der Waals surface area contributed by atoms with Crippen molar-refractivity contribution in [2.75, 3.05) is 11.5 Å². The first-order valence-corrected chi connectivity index (χ1v) is 7.27. The highest BCUT2D eigenvalue weighted by molar-refractivity contribution is 7.99. The molecule has 0 fully saturated rings. The van der Waals surface area contributed by atoms with Crippen LogP contribution in [0.15, 0.2) is 29.2 Å². The van der Waals surface area contributed by atoms with Gasteiger partial charge in [-0.2, -0.15) is 12.6 Å². The fraction of sp³-hybridized carbons (Fsp3) is 0.538. The average molecular weight is 258 g/mol. The Morgan fingerprint density at radius 2 is 1.88 bits per heavy atom. The molecule has 3 heteroatoms. The van der Waals surface area contributed by atoms with Crippen molar-refractivity contribution in [2.24, 2.45) is 5.41 Å². The summed E-state index contributed by atoms with van der Waals surface area (Å²) in [7, 11) is 0. The molecule has 0 nitrogen and oxygen atoms in total. The second kappa shape index (κ2) is 6.55. The Bertz CT molecular complexity index is 313. The Labute approximate surface area is 107 Å². The van der Waals surface area contributed by atoms with Gasteiger partial charge in [-0.3, -0.25) is 0 Å². The molecule has 0 unspecified atom stereocenters. The van der Waals surface area contributed by atoms with Crippen molar-refractivity contribution in [3.8, 4) is 0 Å². The lowest BCUT2D eigenvalue weighted by molar-refractivity contribution is 0.357. The molecule has 16 heavy (non-hydrogen) atoms. The van der Waals surface area contributed by atoms with Crippen molar-refractivity contribution in [3.05, 3.63) is 30.1 Å². The van der Waals surface area contributed by atoms with Gasteiger partial charge in [0.05, 0.1) is 0 Å². The van der Waals surface area contributed by atoms with E-state index in [0.717, 1.165) is 29.2 Å². The van der Waals surface area contributed by atoms with Gasteiger partial charge in [-0.1, -0.05) is 26.0 Å². The normalized spacial score (nSPS) is 11.8. The molecule has 0 aromatic heterocycles. The summed E-state index contributed by atoms with van der Waals surface area (Å²) in [4.78, 5) is 0.746. The van der Waals surface area contributed by atoms with E-state index in [1.54, 1.807) is 17.8 Å². The van der Waals surface area contributed by atoms with Crippen LogP contribution in [0.5, 0.6) is 0 Å². The van der Waals surface area contributed by atoms with Crippen molar-refractivity contribution in [1.82, 2.24) is 0 Å². The van der Waals surface area contributed by atoms with E-state index in [1.807, 2.05) is 12.1 Å². The zero-order valence-corrected chi connectivity index (χ0v) is 11.6. The van der Waals surface area contributed by atoms with Crippen molar-refractivity contribution in [1.29, 1.82) is 0 Å². The van der Waals surface area contributed by atoms with Crippen LogP contribution in [-0.4, -0.2) is 11.5 Å². The minimum absolute atomic E-state index is 0.118. The van der Waals surface area contributed by atoms with Crippen LogP contribution in [0.3, 0.4) is 0 Å². The fourth-order valence-electron chi connectivity index (χ4n) is 1.52. The third-order valence-electron chi connectivity index (χ3n) is 3.21. The van der Waals surface area contributed by atoms with Gasteiger partial charge in [0, 0.05) is 10.6 Å². The first-order valence-electron chi connectivity index (χ1n) is 5.65. The number of thioether (sulfide) groups is 1. The Morgan fingerprint density at radius 1 is 1.25 bits per heavy atom. The van der Waals surface area contributed by atoms with Crippen molar-refractivity contribution in [3.63, 3.8) is 0 Å². The molecule has 0 spiro atoms. The zero-order valence-electron chi connectivity index (χ0n) is 9.87.